The molecule has 0 unspecified atom stereocenters. The number of rotatable bonds is 3. The van der Waals surface area contributed by atoms with Gasteiger partial charge in [0.15, 0.2) is 5.82 Å². The number of anilines is 2. The van der Waals surface area contributed by atoms with E-state index in [4.69, 9.17) is 16.2 Å². The summed E-state index contributed by atoms with van der Waals surface area (Å²) in [7, 11) is 0. The van der Waals surface area contributed by atoms with Crippen molar-refractivity contribution in [1.82, 2.24) is 4.98 Å². The predicted octanol–water partition coefficient (Wildman–Crippen LogP) is 0.704. The molecule has 1 fully saturated rings. The number of hydrogen-bond acceptors (Lipinski definition) is 5. The standard InChI is InChI=1S/C11H17FN4O/c12-8-5-10(14)11(15-6-8)16-3-1-9(2-4-16)17-7-13/h5-6,9H,1-4,7,13-14H2. The molecule has 94 valence electrons. The highest BCUT2D eigenvalue weighted by atomic mass is 19.1. The molecule has 6 heteroatoms. The van der Waals surface area contributed by atoms with Crippen molar-refractivity contribution in [2.45, 2.75) is 18.9 Å². The molecule has 0 atom stereocenters. The van der Waals surface area contributed by atoms with Crippen molar-refractivity contribution in [2.75, 3.05) is 30.5 Å². The van der Waals surface area contributed by atoms with E-state index in [2.05, 4.69) is 4.98 Å². The molecule has 0 aromatic carbocycles. The molecule has 2 heterocycles. The Hall–Kier alpha value is -1.40. The van der Waals surface area contributed by atoms with Crippen molar-refractivity contribution in [3.63, 3.8) is 0 Å². The highest BCUT2D eigenvalue weighted by Crippen LogP contribution is 2.24. The summed E-state index contributed by atoms with van der Waals surface area (Å²) in [5.41, 5.74) is 11.5. The molecule has 1 aromatic rings. The Balaban J connectivity index is 2.00. The van der Waals surface area contributed by atoms with Crippen LogP contribution in [0.2, 0.25) is 0 Å². The fraction of sp³-hybridized carbons (Fsp3) is 0.545. The van der Waals surface area contributed by atoms with E-state index in [-0.39, 0.29) is 12.8 Å². The van der Waals surface area contributed by atoms with E-state index in [0.717, 1.165) is 25.9 Å². The second-order valence-electron chi connectivity index (χ2n) is 4.09. The summed E-state index contributed by atoms with van der Waals surface area (Å²) in [6.07, 6.45) is 3.16. The van der Waals surface area contributed by atoms with E-state index < -0.39 is 5.82 Å². The minimum Gasteiger partial charge on any atom is -0.396 e. The molecule has 1 saturated heterocycles. The first-order valence-electron chi connectivity index (χ1n) is 5.68. The third-order valence-corrected chi connectivity index (χ3v) is 2.94. The Morgan fingerprint density at radius 2 is 2.18 bits per heavy atom. The quantitative estimate of drug-likeness (QED) is 0.761. The van der Waals surface area contributed by atoms with Crippen LogP contribution >= 0.6 is 0 Å². The molecule has 0 spiro atoms. The molecule has 0 radical (unpaired) electrons. The van der Waals surface area contributed by atoms with Crippen LogP contribution in [0.5, 0.6) is 0 Å². The van der Waals surface area contributed by atoms with E-state index in [1.807, 2.05) is 4.90 Å². The van der Waals surface area contributed by atoms with Gasteiger partial charge in [-0.25, -0.2) is 9.37 Å². The van der Waals surface area contributed by atoms with E-state index >= 15 is 0 Å². The van der Waals surface area contributed by atoms with Crippen molar-refractivity contribution in [1.29, 1.82) is 0 Å². The zero-order valence-electron chi connectivity index (χ0n) is 9.60. The Morgan fingerprint density at radius 1 is 1.47 bits per heavy atom. The maximum atomic E-state index is 12.9. The SMILES string of the molecule is NCOC1CCN(c2ncc(F)cc2N)CC1. The Kier molecular flexibility index (Phi) is 3.75. The van der Waals surface area contributed by atoms with Gasteiger partial charge in [-0.3, -0.25) is 0 Å². The first kappa shape index (κ1) is 12.1. The van der Waals surface area contributed by atoms with Crippen LogP contribution < -0.4 is 16.4 Å². The van der Waals surface area contributed by atoms with Crippen LogP contribution in [0.15, 0.2) is 12.3 Å². The number of nitrogen functional groups attached to an aromatic ring is 1. The van der Waals surface area contributed by atoms with Crippen LogP contribution in [0.3, 0.4) is 0 Å². The van der Waals surface area contributed by atoms with E-state index in [9.17, 15) is 4.39 Å². The third kappa shape index (κ3) is 2.83. The fourth-order valence-electron chi connectivity index (χ4n) is 2.08. The van der Waals surface area contributed by atoms with Crippen molar-refractivity contribution in [2.24, 2.45) is 5.73 Å². The van der Waals surface area contributed by atoms with Crippen molar-refractivity contribution < 1.29 is 9.13 Å². The molecule has 0 bridgehead atoms. The lowest BCUT2D eigenvalue weighted by Crippen LogP contribution is -2.38. The summed E-state index contributed by atoms with van der Waals surface area (Å²) in [6.45, 7) is 1.85. The average Bonchev–Trinajstić information content (AvgIpc) is 2.31. The van der Waals surface area contributed by atoms with Gasteiger partial charge in [0, 0.05) is 19.2 Å². The molecule has 0 aliphatic carbocycles. The van der Waals surface area contributed by atoms with Crippen molar-refractivity contribution in [3.05, 3.63) is 18.1 Å². The number of piperidine rings is 1. The van der Waals surface area contributed by atoms with Gasteiger partial charge in [0.05, 0.1) is 24.7 Å². The second-order valence-corrected chi connectivity index (χ2v) is 4.09. The summed E-state index contributed by atoms with van der Waals surface area (Å²) >= 11 is 0. The minimum atomic E-state index is -0.410. The summed E-state index contributed by atoms with van der Waals surface area (Å²) in [5, 5.41) is 0. The summed E-state index contributed by atoms with van der Waals surface area (Å²) in [6, 6.07) is 1.30. The molecular weight excluding hydrogens is 223 g/mol. The van der Waals surface area contributed by atoms with Crippen LogP contribution in [-0.2, 0) is 4.74 Å². The molecule has 1 aromatic heterocycles. The van der Waals surface area contributed by atoms with Gasteiger partial charge in [-0.05, 0) is 12.8 Å². The molecular formula is C11H17FN4O. The minimum absolute atomic E-state index is 0.206. The molecule has 4 N–H and O–H groups in total. The van der Waals surface area contributed by atoms with E-state index in [0.29, 0.717) is 11.5 Å². The van der Waals surface area contributed by atoms with Gasteiger partial charge in [0.25, 0.3) is 0 Å². The van der Waals surface area contributed by atoms with Gasteiger partial charge >= 0.3 is 0 Å². The topological polar surface area (TPSA) is 77.4 Å². The number of ether oxygens (including phenoxy) is 1. The number of aromatic nitrogens is 1. The van der Waals surface area contributed by atoms with Crippen LogP contribution in [-0.4, -0.2) is 30.9 Å². The lowest BCUT2D eigenvalue weighted by atomic mass is 10.1. The molecule has 0 amide bonds. The predicted molar refractivity (Wildman–Crippen MR) is 64.0 cm³/mol. The highest BCUT2D eigenvalue weighted by Gasteiger charge is 2.21. The monoisotopic (exact) mass is 240 g/mol. The van der Waals surface area contributed by atoms with Crippen LogP contribution in [0.4, 0.5) is 15.9 Å². The summed E-state index contributed by atoms with van der Waals surface area (Å²) in [5.74, 6) is 0.241. The van der Waals surface area contributed by atoms with Gasteiger partial charge in [0.1, 0.15) is 5.82 Å². The van der Waals surface area contributed by atoms with Gasteiger partial charge in [0.2, 0.25) is 0 Å². The van der Waals surface area contributed by atoms with Gasteiger partial charge in [-0.1, -0.05) is 0 Å². The van der Waals surface area contributed by atoms with Gasteiger partial charge in [-0.2, -0.15) is 0 Å². The largest absolute Gasteiger partial charge is 0.396 e. The number of pyridine rings is 1. The molecule has 1 aliphatic rings. The molecule has 5 nitrogen and oxygen atoms in total. The van der Waals surface area contributed by atoms with Crippen LogP contribution in [0.25, 0.3) is 0 Å². The van der Waals surface area contributed by atoms with Crippen LogP contribution in [0.1, 0.15) is 12.8 Å². The lowest BCUT2D eigenvalue weighted by molar-refractivity contribution is 0.0413. The summed E-state index contributed by atoms with van der Waals surface area (Å²) in [4.78, 5) is 6.08. The maximum Gasteiger partial charge on any atom is 0.151 e. The van der Waals surface area contributed by atoms with E-state index in [1.54, 1.807) is 0 Å². The molecule has 0 saturated carbocycles. The molecule has 1 aliphatic heterocycles. The van der Waals surface area contributed by atoms with Gasteiger partial charge < -0.3 is 21.1 Å². The number of halogens is 1. The fourth-order valence-corrected chi connectivity index (χ4v) is 2.08. The number of nitrogens with zero attached hydrogens (tertiary/aromatic N) is 2. The number of hydrogen-bond donors (Lipinski definition) is 2. The lowest BCUT2D eigenvalue weighted by Gasteiger charge is -2.32. The first-order valence-corrected chi connectivity index (χ1v) is 5.68. The molecule has 17 heavy (non-hydrogen) atoms. The Morgan fingerprint density at radius 3 is 2.76 bits per heavy atom. The first-order chi connectivity index (χ1) is 8.20. The Bertz CT molecular complexity index is 380. The van der Waals surface area contributed by atoms with E-state index in [1.165, 1.54) is 12.3 Å². The normalized spacial score (nSPS) is 17.4. The zero-order chi connectivity index (χ0) is 12.3. The summed E-state index contributed by atoms with van der Waals surface area (Å²) < 4.78 is 18.2. The number of nitrogens with two attached hydrogens (primary N) is 2. The van der Waals surface area contributed by atoms with Gasteiger partial charge in [-0.15, -0.1) is 0 Å². The van der Waals surface area contributed by atoms with Crippen LogP contribution in [0, 0.1) is 5.82 Å². The second kappa shape index (κ2) is 5.29. The average molecular weight is 240 g/mol. The van der Waals surface area contributed by atoms with Crippen molar-refractivity contribution >= 4 is 11.5 Å². The molecule has 2 rings (SSSR count). The smallest absolute Gasteiger partial charge is 0.151 e. The maximum absolute atomic E-state index is 12.9. The zero-order valence-corrected chi connectivity index (χ0v) is 9.60. The Labute approximate surface area is 99.6 Å². The third-order valence-electron chi connectivity index (χ3n) is 2.94. The van der Waals surface area contributed by atoms with Crippen molar-refractivity contribution in [3.8, 4) is 0 Å². The highest BCUT2D eigenvalue weighted by molar-refractivity contribution is 5.62.